The number of nitrogens with zero attached hydrogens (tertiary/aromatic N) is 1. The number of rotatable bonds is 8. The number of methoxy groups -OCH3 is 1. The van der Waals surface area contributed by atoms with E-state index in [0.29, 0.717) is 10.8 Å². The van der Waals surface area contributed by atoms with Gasteiger partial charge in [0.1, 0.15) is 12.3 Å². The van der Waals surface area contributed by atoms with Crippen molar-refractivity contribution in [3.8, 4) is 5.75 Å². The Morgan fingerprint density at radius 2 is 1.65 bits per heavy atom. The molecular weight excluding hydrogens is 459 g/mol. The number of hydrogen-bond acceptors (Lipinski definition) is 4. The van der Waals surface area contributed by atoms with Crippen molar-refractivity contribution in [1.29, 1.82) is 0 Å². The van der Waals surface area contributed by atoms with Gasteiger partial charge < -0.3 is 10.1 Å². The Morgan fingerprint density at radius 3 is 2.29 bits per heavy atom. The van der Waals surface area contributed by atoms with Gasteiger partial charge in [-0.25, -0.2) is 8.42 Å². The zero-order valence-corrected chi connectivity index (χ0v) is 18.9. The lowest BCUT2D eigenvalue weighted by Crippen LogP contribution is -2.40. The van der Waals surface area contributed by atoms with Gasteiger partial charge in [-0.15, -0.1) is 0 Å². The van der Waals surface area contributed by atoms with Crippen LogP contribution >= 0.6 is 23.2 Å². The van der Waals surface area contributed by atoms with Crippen LogP contribution in [-0.4, -0.2) is 28.0 Å². The maximum absolute atomic E-state index is 13.3. The monoisotopic (exact) mass is 478 g/mol. The summed E-state index contributed by atoms with van der Waals surface area (Å²) in [5, 5.41) is 3.45. The van der Waals surface area contributed by atoms with Gasteiger partial charge in [0.2, 0.25) is 5.91 Å². The third kappa shape index (κ3) is 5.50. The lowest BCUT2D eigenvalue weighted by Gasteiger charge is -2.24. The molecule has 0 bridgehead atoms. The molecule has 3 rings (SSSR count). The molecule has 0 aliphatic carbocycles. The molecule has 9 heteroatoms. The number of sulfonamides is 1. The Labute approximate surface area is 191 Å². The molecule has 162 valence electrons. The van der Waals surface area contributed by atoms with Gasteiger partial charge in [0, 0.05) is 11.6 Å². The van der Waals surface area contributed by atoms with Crippen LogP contribution < -0.4 is 14.4 Å². The van der Waals surface area contributed by atoms with Crippen LogP contribution in [-0.2, 0) is 21.4 Å². The Hall–Kier alpha value is -2.74. The smallest absolute Gasteiger partial charge is 0.264 e. The summed E-state index contributed by atoms with van der Waals surface area (Å²) < 4.78 is 32.8. The predicted octanol–water partition coefficient (Wildman–Crippen LogP) is 4.51. The van der Waals surface area contributed by atoms with E-state index in [1.807, 2.05) is 0 Å². The van der Waals surface area contributed by atoms with E-state index in [0.717, 1.165) is 9.87 Å². The van der Waals surface area contributed by atoms with Crippen molar-refractivity contribution in [3.63, 3.8) is 0 Å². The predicted molar refractivity (Wildman–Crippen MR) is 122 cm³/mol. The largest absolute Gasteiger partial charge is 0.495 e. The van der Waals surface area contributed by atoms with Gasteiger partial charge in [-0.1, -0.05) is 59.6 Å². The van der Waals surface area contributed by atoms with E-state index >= 15 is 0 Å². The van der Waals surface area contributed by atoms with E-state index in [4.69, 9.17) is 27.9 Å². The summed E-state index contributed by atoms with van der Waals surface area (Å²) in [5.41, 5.74) is 0.963. The molecule has 0 spiro atoms. The number of anilines is 1. The number of carbonyl (C=O) groups is 1. The molecule has 0 unspecified atom stereocenters. The van der Waals surface area contributed by atoms with Gasteiger partial charge in [0.25, 0.3) is 10.0 Å². The summed E-state index contributed by atoms with van der Waals surface area (Å²) in [5.74, 6) is -0.1000. The fourth-order valence-corrected chi connectivity index (χ4v) is 4.76. The Kier molecular flexibility index (Phi) is 7.43. The summed E-state index contributed by atoms with van der Waals surface area (Å²) in [4.78, 5) is 12.7. The highest BCUT2D eigenvalue weighted by molar-refractivity contribution is 7.92. The first kappa shape index (κ1) is 22.9. The molecule has 1 N–H and O–H groups in total. The summed E-state index contributed by atoms with van der Waals surface area (Å²) in [6.45, 7) is -0.272. The first-order valence-corrected chi connectivity index (χ1v) is 11.4. The van der Waals surface area contributed by atoms with Gasteiger partial charge >= 0.3 is 0 Å². The topological polar surface area (TPSA) is 75.7 Å². The number of carbonyl (C=O) groups excluding carboxylic acids is 1. The molecule has 0 aromatic heterocycles. The van der Waals surface area contributed by atoms with Crippen LogP contribution in [0.25, 0.3) is 0 Å². The average Bonchev–Trinajstić information content (AvgIpc) is 2.77. The third-order valence-corrected chi connectivity index (χ3v) is 6.93. The Bertz CT molecular complexity index is 1170. The second kappa shape index (κ2) is 10.0. The number of hydrogen-bond donors (Lipinski definition) is 1. The fourth-order valence-electron chi connectivity index (χ4n) is 2.87. The van der Waals surface area contributed by atoms with Crippen molar-refractivity contribution >= 4 is 44.8 Å². The molecule has 3 aromatic rings. The zero-order valence-electron chi connectivity index (χ0n) is 16.6. The average molecular weight is 479 g/mol. The first-order valence-electron chi connectivity index (χ1n) is 9.24. The van der Waals surface area contributed by atoms with Gasteiger partial charge in [0.15, 0.2) is 0 Å². The van der Waals surface area contributed by atoms with E-state index < -0.39 is 22.5 Å². The number of nitrogens with one attached hydrogen (secondary N) is 1. The lowest BCUT2D eigenvalue weighted by atomic mass is 10.2. The van der Waals surface area contributed by atoms with Gasteiger partial charge in [0.05, 0.1) is 22.7 Å². The maximum Gasteiger partial charge on any atom is 0.264 e. The first-order chi connectivity index (χ1) is 14.8. The van der Waals surface area contributed by atoms with E-state index in [1.54, 1.807) is 48.5 Å². The molecule has 0 saturated heterocycles. The van der Waals surface area contributed by atoms with Crippen LogP contribution in [0.1, 0.15) is 5.56 Å². The Morgan fingerprint density at radius 1 is 0.968 bits per heavy atom. The number of benzene rings is 3. The summed E-state index contributed by atoms with van der Waals surface area (Å²) >= 11 is 12.3. The molecule has 0 fully saturated rings. The normalized spacial score (nSPS) is 11.1. The molecule has 3 aromatic carbocycles. The van der Waals surface area contributed by atoms with Crippen LogP contribution in [0.2, 0.25) is 10.0 Å². The van der Waals surface area contributed by atoms with Crippen molar-refractivity contribution in [2.45, 2.75) is 11.4 Å². The number of ether oxygens (including phenoxy) is 1. The van der Waals surface area contributed by atoms with Crippen LogP contribution in [0.3, 0.4) is 0 Å². The summed E-state index contributed by atoms with van der Waals surface area (Å²) in [6.07, 6.45) is 0. The van der Waals surface area contributed by atoms with Gasteiger partial charge in [-0.3, -0.25) is 9.10 Å². The highest BCUT2D eigenvalue weighted by Gasteiger charge is 2.27. The molecule has 1 amide bonds. The number of amides is 1. The van der Waals surface area contributed by atoms with E-state index in [1.165, 1.54) is 31.4 Å². The molecule has 0 radical (unpaired) electrons. The molecular formula is C22H20Cl2N2O4S. The van der Waals surface area contributed by atoms with Crippen molar-refractivity contribution in [2.24, 2.45) is 0 Å². The van der Waals surface area contributed by atoms with Crippen molar-refractivity contribution in [1.82, 2.24) is 5.32 Å². The maximum atomic E-state index is 13.3. The van der Waals surface area contributed by atoms with Gasteiger partial charge in [-0.2, -0.15) is 0 Å². The lowest BCUT2D eigenvalue weighted by molar-refractivity contribution is -0.119. The van der Waals surface area contributed by atoms with Crippen molar-refractivity contribution < 1.29 is 17.9 Å². The minimum absolute atomic E-state index is 0.0563. The molecule has 6 nitrogen and oxygen atoms in total. The van der Waals surface area contributed by atoms with Crippen LogP contribution in [0.4, 0.5) is 5.69 Å². The standard InChI is InChI=1S/C22H20Cl2N2O4S/c1-30-21-12-11-17(13-20(21)24)26(31(28,29)18-8-3-2-4-9-18)15-22(27)25-14-16-7-5-6-10-19(16)23/h2-13H,14-15H2,1H3,(H,25,27). The molecule has 0 atom stereocenters. The zero-order chi connectivity index (χ0) is 22.4. The molecule has 0 aliphatic rings. The minimum Gasteiger partial charge on any atom is -0.495 e. The number of halogens is 2. The van der Waals surface area contributed by atoms with Crippen LogP contribution in [0, 0.1) is 0 Å². The quantitative estimate of drug-likeness (QED) is 0.516. The van der Waals surface area contributed by atoms with E-state index in [9.17, 15) is 13.2 Å². The highest BCUT2D eigenvalue weighted by atomic mass is 35.5. The van der Waals surface area contributed by atoms with E-state index in [2.05, 4.69) is 5.32 Å². The van der Waals surface area contributed by atoms with Crippen molar-refractivity contribution in [2.75, 3.05) is 18.0 Å². The molecule has 0 aliphatic heterocycles. The Balaban J connectivity index is 1.90. The fraction of sp³-hybridized carbons (Fsp3) is 0.136. The molecule has 0 heterocycles. The van der Waals surface area contributed by atoms with Gasteiger partial charge in [-0.05, 0) is 42.0 Å². The second-order valence-electron chi connectivity index (χ2n) is 6.51. The summed E-state index contributed by atoms with van der Waals surface area (Å²) in [6, 6.07) is 19.5. The van der Waals surface area contributed by atoms with Crippen molar-refractivity contribution in [3.05, 3.63) is 88.4 Å². The van der Waals surface area contributed by atoms with E-state index in [-0.39, 0.29) is 22.2 Å². The third-order valence-electron chi connectivity index (χ3n) is 4.48. The van der Waals surface area contributed by atoms with Crippen LogP contribution in [0.15, 0.2) is 77.7 Å². The molecule has 0 saturated carbocycles. The highest BCUT2D eigenvalue weighted by Crippen LogP contribution is 2.31. The second-order valence-corrected chi connectivity index (χ2v) is 9.19. The minimum atomic E-state index is -4.03. The SMILES string of the molecule is COc1ccc(N(CC(=O)NCc2ccccc2Cl)S(=O)(=O)c2ccccc2)cc1Cl. The molecule has 31 heavy (non-hydrogen) atoms. The van der Waals surface area contributed by atoms with Crippen LogP contribution in [0.5, 0.6) is 5.75 Å². The summed E-state index contributed by atoms with van der Waals surface area (Å²) in [7, 11) is -2.57.